The van der Waals surface area contributed by atoms with Crippen molar-refractivity contribution in [2.24, 2.45) is 5.92 Å². The second-order valence-electron chi connectivity index (χ2n) is 7.11. The number of rotatable bonds is 7. The SMILES string of the molecule is CCCCOc1c(C=O)nc2n(CC(=O)N3CCC(C)CC3)ccn2c1=O. The quantitative estimate of drug-likeness (QED) is 0.544. The van der Waals surface area contributed by atoms with Gasteiger partial charge in [0.2, 0.25) is 17.4 Å². The van der Waals surface area contributed by atoms with Crippen LogP contribution in [0.1, 0.15) is 50.0 Å². The van der Waals surface area contributed by atoms with E-state index in [2.05, 4.69) is 11.9 Å². The van der Waals surface area contributed by atoms with Gasteiger partial charge in [0.1, 0.15) is 6.54 Å². The second-order valence-corrected chi connectivity index (χ2v) is 7.11. The van der Waals surface area contributed by atoms with E-state index in [1.807, 2.05) is 11.8 Å². The van der Waals surface area contributed by atoms with E-state index in [-0.39, 0.29) is 29.7 Å². The number of piperidine rings is 1. The smallest absolute Gasteiger partial charge is 0.302 e. The summed E-state index contributed by atoms with van der Waals surface area (Å²) >= 11 is 0. The van der Waals surface area contributed by atoms with E-state index < -0.39 is 5.56 Å². The average Bonchev–Trinajstić information content (AvgIpc) is 3.06. The summed E-state index contributed by atoms with van der Waals surface area (Å²) in [6, 6.07) is 0. The van der Waals surface area contributed by atoms with Crippen molar-refractivity contribution in [3.05, 3.63) is 28.4 Å². The van der Waals surface area contributed by atoms with Gasteiger partial charge in [-0.1, -0.05) is 20.3 Å². The Kier molecular flexibility index (Phi) is 5.93. The predicted molar refractivity (Wildman–Crippen MR) is 100 cm³/mol. The molecular formula is C19H26N4O4. The predicted octanol–water partition coefficient (Wildman–Crippen LogP) is 1.75. The molecule has 8 nitrogen and oxygen atoms in total. The number of hydrogen-bond acceptors (Lipinski definition) is 5. The molecule has 0 unspecified atom stereocenters. The van der Waals surface area contributed by atoms with Crippen molar-refractivity contribution in [3.63, 3.8) is 0 Å². The normalized spacial score (nSPS) is 15.3. The molecule has 0 N–H and O–H groups in total. The van der Waals surface area contributed by atoms with Gasteiger partial charge in [0.05, 0.1) is 6.61 Å². The van der Waals surface area contributed by atoms with Crippen LogP contribution in [-0.4, -0.2) is 50.7 Å². The Hall–Kier alpha value is -2.64. The van der Waals surface area contributed by atoms with E-state index in [1.165, 1.54) is 4.40 Å². The first-order chi connectivity index (χ1) is 13.0. The van der Waals surface area contributed by atoms with Gasteiger partial charge in [-0.05, 0) is 25.2 Å². The Morgan fingerprint density at radius 1 is 1.33 bits per heavy atom. The fourth-order valence-electron chi connectivity index (χ4n) is 3.23. The van der Waals surface area contributed by atoms with Crippen molar-refractivity contribution in [3.8, 4) is 5.75 Å². The molecule has 3 rings (SSSR count). The number of aromatic nitrogens is 3. The van der Waals surface area contributed by atoms with E-state index in [1.54, 1.807) is 17.0 Å². The minimum atomic E-state index is -0.434. The summed E-state index contributed by atoms with van der Waals surface area (Å²) < 4.78 is 8.41. The largest absolute Gasteiger partial charge is 0.486 e. The van der Waals surface area contributed by atoms with Crippen molar-refractivity contribution in [2.75, 3.05) is 19.7 Å². The van der Waals surface area contributed by atoms with Gasteiger partial charge < -0.3 is 14.2 Å². The molecule has 1 saturated heterocycles. The van der Waals surface area contributed by atoms with Crippen LogP contribution in [0.3, 0.4) is 0 Å². The van der Waals surface area contributed by atoms with Gasteiger partial charge in [-0.2, -0.15) is 0 Å². The van der Waals surface area contributed by atoms with Crippen LogP contribution < -0.4 is 10.3 Å². The highest BCUT2D eigenvalue weighted by Gasteiger charge is 2.22. The Balaban J connectivity index is 1.85. The Morgan fingerprint density at radius 3 is 2.74 bits per heavy atom. The number of carbonyl (C=O) groups is 2. The van der Waals surface area contributed by atoms with Crippen LogP contribution in [-0.2, 0) is 11.3 Å². The van der Waals surface area contributed by atoms with Crippen molar-refractivity contribution >= 4 is 18.0 Å². The lowest BCUT2D eigenvalue weighted by Crippen LogP contribution is -2.39. The number of amides is 1. The summed E-state index contributed by atoms with van der Waals surface area (Å²) in [5.41, 5.74) is -0.466. The molecule has 8 heteroatoms. The van der Waals surface area contributed by atoms with Gasteiger partial charge in [-0.3, -0.25) is 14.4 Å². The minimum absolute atomic E-state index is 0.00910. The molecule has 27 heavy (non-hydrogen) atoms. The van der Waals surface area contributed by atoms with Crippen molar-refractivity contribution in [1.29, 1.82) is 0 Å². The molecule has 0 radical (unpaired) electrons. The van der Waals surface area contributed by atoms with Crippen LogP contribution in [0.25, 0.3) is 5.78 Å². The lowest BCUT2D eigenvalue weighted by Gasteiger charge is -2.30. The molecule has 2 aromatic heterocycles. The van der Waals surface area contributed by atoms with Crippen molar-refractivity contribution in [2.45, 2.75) is 46.1 Å². The van der Waals surface area contributed by atoms with Crippen LogP contribution in [0.4, 0.5) is 0 Å². The highest BCUT2D eigenvalue weighted by atomic mass is 16.5. The molecule has 0 saturated carbocycles. The molecule has 1 amide bonds. The second kappa shape index (κ2) is 8.37. The summed E-state index contributed by atoms with van der Waals surface area (Å²) in [4.78, 5) is 42.8. The number of unbranched alkanes of at least 4 members (excludes halogenated alkanes) is 1. The Morgan fingerprint density at radius 2 is 2.07 bits per heavy atom. The first-order valence-corrected chi connectivity index (χ1v) is 9.52. The van der Waals surface area contributed by atoms with Gasteiger partial charge in [-0.25, -0.2) is 9.38 Å². The third-order valence-electron chi connectivity index (χ3n) is 5.03. The monoisotopic (exact) mass is 374 g/mol. The zero-order valence-electron chi connectivity index (χ0n) is 15.9. The van der Waals surface area contributed by atoms with Crippen LogP contribution in [0.2, 0.25) is 0 Å². The van der Waals surface area contributed by atoms with E-state index in [4.69, 9.17) is 4.74 Å². The number of nitrogens with zero attached hydrogens (tertiary/aromatic N) is 4. The third kappa shape index (κ3) is 4.04. The number of carbonyl (C=O) groups excluding carboxylic acids is 2. The first-order valence-electron chi connectivity index (χ1n) is 9.52. The highest BCUT2D eigenvalue weighted by molar-refractivity contribution is 5.78. The summed E-state index contributed by atoms with van der Waals surface area (Å²) in [5.74, 6) is 0.863. The topological polar surface area (TPSA) is 85.9 Å². The first kappa shape index (κ1) is 19.1. The molecule has 2 aromatic rings. The van der Waals surface area contributed by atoms with Crippen molar-refractivity contribution in [1.82, 2.24) is 18.9 Å². The van der Waals surface area contributed by atoms with Crippen molar-refractivity contribution < 1.29 is 14.3 Å². The third-order valence-corrected chi connectivity index (χ3v) is 5.03. The molecule has 3 heterocycles. The zero-order valence-corrected chi connectivity index (χ0v) is 15.9. The number of aldehydes is 1. The summed E-state index contributed by atoms with van der Waals surface area (Å²) in [6.45, 7) is 6.15. The maximum Gasteiger partial charge on any atom is 0.302 e. The van der Waals surface area contributed by atoms with Crippen LogP contribution in [0, 0.1) is 5.92 Å². The molecule has 0 aromatic carbocycles. The molecule has 0 aliphatic carbocycles. The Bertz CT molecular complexity index is 878. The van der Waals surface area contributed by atoms with E-state index >= 15 is 0 Å². The number of imidazole rings is 1. The molecule has 0 spiro atoms. The molecule has 1 fully saturated rings. The average molecular weight is 374 g/mol. The van der Waals surface area contributed by atoms with E-state index in [0.717, 1.165) is 38.8 Å². The fraction of sp³-hybridized carbons (Fsp3) is 0.579. The molecule has 146 valence electrons. The van der Waals surface area contributed by atoms with Crippen LogP contribution in [0.5, 0.6) is 5.75 Å². The lowest BCUT2D eigenvalue weighted by molar-refractivity contribution is -0.133. The zero-order chi connectivity index (χ0) is 19.4. The molecule has 1 aliphatic heterocycles. The Labute approximate surface area is 157 Å². The van der Waals surface area contributed by atoms with E-state index in [0.29, 0.717) is 18.8 Å². The van der Waals surface area contributed by atoms with Crippen LogP contribution >= 0.6 is 0 Å². The number of hydrogen-bond donors (Lipinski definition) is 0. The summed E-state index contributed by atoms with van der Waals surface area (Å²) in [6.07, 6.45) is 7.42. The molecular weight excluding hydrogens is 348 g/mol. The fourth-order valence-corrected chi connectivity index (χ4v) is 3.23. The number of fused-ring (bicyclic) bond motifs is 1. The highest BCUT2D eigenvalue weighted by Crippen LogP contribution is 2.17. The summed E-state index contributed by atoms with van der Waals surface area (Å²) in [5, 5.41) is 0. The lowest BCUT2D eigenvalue weighted by atomic mass is 9.99. The number of ether oxygens (including phenoxy) is 1. The van der Waals surface area contributed by atoms with E-state index in [9.17, 15) is 14.4 Å². The standard InChI is InChI=1S/C19H26N4O4/c1-3-4-11-27-17-15(13-24)20-19-22(9-10-23(19)18(17)26)12-16(25)21-7-5-14(2)6-8-21/h9-10,13-14H,3-8,11-12H2,1-2H3. The number of likely N-dealkylation sites (tertiary alicyclic amines) is 1. The maximum atomic E-state index is 12.7. The van der Waals surface area contributed by atoms with Crippen LogP contribution in [0.15, 0.2) is 17.2 Å². The van der Waals surface area contributed by atoms with Gasteiger partial charge in [0, 0.05) is 25.5 Å². The maximum absolute atomic E-state index is 12.7. The van der Waals surface area contributed by atoms with Gasteiger partial charge >= 0.3 is 5.56 Å². The van der Waals surface area contributed by atoms with Gasteiger partial charge in [0.15, 0.2) is 12.0 Å². The molecule has 0 bridgehead atoms. The summed E-state index contributed by atoms with van der Waals surface area (Å²) in [7, 11) is 0. The van der Waals surface area contributed by atoms with Gasteiger partial charge in [-0.15, -0.1) is 0 Å². The molecule has 0 atom stereocenters. The minimum Gasteiger partial charge on any atom is -0.486 e. The van der Waals surface area contributed by atoms with Gasteiger partial charge in [0.25, 0.3) is 0 Å². The molecule has 1 aliphatic rings.